The third-order valence-corrected chi connectivity index (χ3v) is 2.80. The molecule has 1 unspecified atom stereocenters. The Morgan fingerprint density at radius 2 is 2.21 bits per heavy atom. The topological polar surface area (TPSA) is 57.5 Å². The van der Waals surface area contributed by atoms with Gasteiger partial charge in [0.15, 0.2) is 0 Å². The van der Waals surface area contributed by atoms with Gasteiger partial charge in [-0.1, -0.05) is 12.1 Å². The average molecular weight is 192 g/mol. The molecule has 0 aromatic heterocycles. The number of aliphatic hydroxyl groups is 1. The smallest absolute Gasteiger partial charge is 0.336 e. The van der Waals surface area contributed by atoms with Gasteiger partial charge in [0.1, 0.15) is 0 Å². The molecule has 2 N–H and O–H groups in total. The lowest BCUT2D eigenvalue weighted by Crippen LogP contribution is -2.20. The van der Waals surface area contributed by atoms with Crippen molar-refractivity contribution in [3.05, 3.63) is 34.9 Å². The van der Waals surface area contributed by atoms with Crippen molar-refractivity contribution < 1.29 is 15.0 Å². The first-order valence-corrected chi connectivity index (χ1v) is 4.60. The number of hydrogen-bond acceptors (Lipinski definition) is 2. The van der Waals surface area contributed by atoms with Crippen LogP contribution in [0.3, 0.4) is 0 Å². The summed E-state index contributed by atoms with van der Waals surface area (Å²) in [5.74, 6) is -0.968. The normalized spacial score (nSPS) is 24.7. The van der Waals surface area contributed by atoms with Crippen LogP contribution in [-0.2, 0) is 12.0 Å². The monoisotopic (exact) mass is 192 g/mol. The minimum absolute atomic E-state index is 0.227. The molecule has 0 spiro atoms. The van der Waals surface area contributed by atoms with E-state index < -0.39 is 11.6 Å². The SMILES string of the molecule is CC1(O)CCc2cccc(C(=O)O)c21. The third-order valence-electron chi connectivity index (χ3n) is 2.80. The maximum atomic E-state index is 10.9. The van der Waals surface area contributed by atoms with Crippen molar-refractivity contribution in [2.45, 2.75) is 25.4 Å². The number of carboxylic acid groups (broad SMARTS) is 1. The summed E-state index contributed by atoms with van der Waals surface area (Å²) in [6, 6.07) is 5.15. The van der Waals surface area contributed by atoms with Crippen LogP contribution in [-0.4, -0.2) is 16.2 Å². The van der Waals surface area contributed by atoms with Gasteiger partial charge in [0.25, 0.3) is 0 Å². The highest BCUT2D eigenvalue weighted by Crippen LogP contribution is 2.38. The average Bonchev–Trinajstić information content (AvgIpc) is 2.43. The van der Waals surface area contributed by atoms with Crippen LogP contribution in [0.2, 0.25) is 0 Å². The van der Waals surface area contributed by atoms with Crippen LogP contribution in [0.5, 0.6) is 0 Å². The quantitative estimate of drug-likeness (QED) is 0.709. The zero-order chi connectivity index (χ0) is 10.3. The number of aryl methyl sites for hydroxylation is 1. The Balaban J connectivity index is 2.66. The van der Waals surface area contributed by atoms with Crippen LogP contribution >= 0.6 is 0 Å². The standard InChI is InChI=1S/C11H12O3/c1-11(14)6-5-7-3-2-4-8(9(7)11)10(12)13/h2-4,14H,5-6H2,1H3,(H,12,13). The third kappa shape index (κ3) is 1.21. The molecule has 1 atom stereocenters. The molecule has 1 aromatic carbocycles. The minimum Gasteiger partial charge on any atom is -0.478 e. The number of carboxylic acids is 1. The largest absolute Gasteiger partial charge is 0.478 e. The molecular formula is C11H12O3. The van der Waals surface area contributed by atoms with Crippen molar-refractivity contribution in [3.8, 4) is 0 Å². The van der Waals surface area contributed by atoms with E-state index in [1.54, 1.807) is 19.1 Å². The Morgan fingerprint density at radius 3 is 2.86 bits per heavy atom. The van der Waals surface area contributed by atoms with Gasteiger partial charge in [-0.05, 0) is 31.4 Å². The van der Waals surface area contributed by atoms with Crippen molar-refractivity contribution in [1.29, 1.82) is 0 Å². The maximum Gasteiger partial charge on any atom is 0.336 e. The molecule has 0 saturated heterocycles. The maximum absolute atomic E-state index is 10.9. The van der Waals surface area contributed by atoms with Crippen molar-refractivity contribution in [2.75, 3.05) is 0 Å². The summed E-state index contributed by atoms with van der Waals surface area (Å²) < 4.78 is 0. The Kier molecular flexibility index (Phi) is 1.86. The molecule has 0 heterocycles. The highest BCUT2D eigenvalue weighted by Gasteiger charge is 2.35. The van der Waals surface area contributed by atoms with Gasteiger partial charge >= 0.3 is 5.97 Å². The summed E-state index contributed by atoms with van der Waals surface area (Å²) in [4.78, 5) is 10.9. The van der Waals surface area contributed by atoms with Gasteiger partial charge in [0, 0.05) is 5.56 Å². The van der Waals surface area contributed by atoms with Gasteiger partial charge in [0.05, 0.1) is 11.2 Å². The number of carbonyl (C=O) groups is 1. The molecular weight excluding hydrogens is 180 g/mol. The van der Waals surface area contributed by atoms with E-state index in [-0.39, 0.29) is 5.56 Å². The highest BCUT2D eigenvalue weighted by molar-refractivity contribution is 5.90. The van der Waals surface area contributed by atoms with Gasteiger partial charge in [-0.15, -0.1) is 0 Å². The fraction of sp³-hybridized carbons (Fsp3) is 0.364. The summed E-state index contributed by atoms with van der Waals surface area (Å²) in [7, 11) is 0. The summed E-state index contributed by atoms with van der Waals surface area (Å²) >= 11 is 0. The molecule has 1 aromatic rings. The number of hydrogen-bond donors (Lipinski definition) is 2. The lowest BCUT2D eigenvalue weighted by Gasteiger charge is -2.19. The summed E-state index contributed by atoms with van der Waals surface area (Å²) in [6.45, 7) is 1.67. The number of fused-ring (bicyclic) bond motifs is 1. The van der Waals surface area contributed by atoms with Crippen LogP contribution in [0.25, 0.3) is 0 Å². The second-order valence-corrected chi connectivity index (χ2v) is 3.92. The van der Waals surface area contributed by atoms with Gasteiger partial charge in [0.2, 0.25) is 0 Å². The van der Waals surface area contributed by atoms with Crippen LogP contribution in [0.15, 0.2) is 18.2 Å². The zero-order valence-corrected chi connectivity index (χ0v) is 7.95. The van der Waals surface area contributed by atoms with E-state index in [0.717, 1.165) is 12.0 Å². The molecule has 0 radical (unpaired) electrons. The predicted molar refractivity (Wildman–Crippen MR) is 51.3 cm³/mol. The van der Waals surface area contributed by atoms with Crippen LogP contribution in [0.4, 0.5) is 0 Å². The minimum atomic E-state index is -0.982. The first-order valence-electron chi connectivity index (χ1n) is 4.60. The van der Waals surface area contributed by atoms with Crippen LogP contribution in [0.1, 0.15) is 34.8 Å². The number of aromatic carboxylic acids is 1. The summed E-state index contributed by atoms with van der Waals surface area (Å²) in [5, 5.41) is 19.0. The highest BCUT2D eigenvalue weighted by atomic mass is 16.4. The van der Waals surface area contributed by atoms with Gasteiger partial charge < -0.3 is 10.2 Å². The molecule has 1 aliphatic carbocycles. The van der Waals surface area contributed by atoms with E-state index in [2.05, 4.69) is 0 Å². The summed E-state index contributed by atoms with van der Waals surface area (Å²) in [5.41, 5.74) is 0.789. The fourth-order valence-corrected chi connectivity index (χ4v) is 2.13. The second-order valence-electron chi connectivity index (χ2n) is 3.92. The Bertz CT molecular complexity index is 394. The van der Waals surface area contributed by atoms with Gasteiger partial charge in [-0.3, -0.25) is 0 Å². The molecule has 0 saturated carbocycles. The molecule has 0 fully saturated rings. The molecule has 0 bridgehead atoms. The van der Waals surface area contributed by atoms with E-state index in [1.165, 1.54) is 0 Å². The molecule has 3 nitrogen and oxygen atoms in total. The van der Waals surface area contributed by atoms with Crippen molar-refractivity contribution in [1.82, 2.24) is 0 Å². The fourth-order valence-electron chi connectivity index (χ4n) is 2.13. The molecule has 3 heteroatoms. The van der Waals surface area contributed by atoms with E-state index in [1.807, 2.05) is 6.07 Å². The van der Waals surface area contributed by atoms with Crippen LogP contribution in [0, 0.1) is 0 Å². The lowest BCUT2D eigenvalue weighted by molar-refractivity contribution is 0.0536. The number of rotatable bonds is 1. The Hall–Kier alpha value is -1.35. The van der Waals surface area contributed by atoms with Crippen LogP contribution < -0.4 is 0 Å². The molecule has 2 rings (SSSR count). The second kappa shape index (κ2) is 2.82. The van der Waals surface area contributed by atoms with Crippen molar-refractivity contribution in [3.63, 3.8) is 0 Å². The molecule has 1 aliphatic rings. The Labute approximate surface area is 82.0 Å². The molecule has 0 amide bonds. The Morgan fingerprint density at radius 1 is 1.50 bits per heavy atom. The van der Waals surface area contributed by atoms with Crippen molar-refractivity contribution >= 4 is 5.97 Å². The first kappa shape index (κ1) is 9.21. The first-order chi connectivity index (χ1) is 6.52. The predicted octanol–water partition coefficient (Wildman–Crippen LogP) is 1.54. The van der Waals surface area contributed by atoms with E-state index >= 15 is 0 Å². The molecule has 0 aliphatic heterocycles. The zero-order valence-electron chi connectivity index (χ0n) is 7.95. The molecule has 74 valence electrons. The summed E-state index contributed by atoms with van der Waals surface area (Å²) in [6.07, 6.45) is 1.36. The van der Waals surface area contributed by atoms with E-state index in [0.29, 0.717) is 12.0 Å². The van der Waals surface area contributed by atoms with Crippen molar-refractivity contribution in [2.24, 2.45) is 0 Å². The van der Waals surface area contributed by atoms with E-state index in [9.17, 15) is 9.90 Å². The lowest BCUT2D eigenvalue weighted by atomic mass is 9.93. The van der Waals surface area contributed by atoms with Gasteiger partial charge in [-0.2, -0.15) is 0 Å². The van der Waals surface area contributed by atoms with E-state index in [4.69, 9.17) is 5.11 Å². The molecule has 14 heavy (non-hydrogen) atoms. The van der Waals surface area contributed by atoms with Gasteiger partial charge in [-0.25, -0.2) is 4.79 Å². The number of benzene rings is 1.